The highest BCUT2D eigenvalue weighted by Crippen LogP contribution is 2.38. The maximum Gasteiger partial charge on any atom is 0.256 e. The summed E-state index contributed by atoms with van der Waals surface area (Å²) in [6, 6.07) is 1.68. The molecule has 2 aliphatic heterocycles. The normalized spacial score (nSPS) is 21.0. The van der Waals surface area contributed by atoms with E-state index in [1.165, 1.54) is 17.8 Å². The third kappa shape index (κ3) is 3.09. The minimum Gasteiger partial charge on any atom is -0.339 e. The van der Waals surface area contributed by atoms with Gasteiger partial charge in [-0.3, -0.25) is 4.79 Å². The third-order valence-corrected chi connectivity index (χ3v) is 5.82. The molecule has 2 fully saturated rings. The highest BCUT2D eigenvalue weighted by atomic mass is 35.5. The van der Waals surface area contributed by atoms with Crippen LogP contribution in [0, 0.1) is 5.41 Å². The van der Waals surface area contributed by atoms with E-state index in [0.717, 1.165) is 39.0 Å². The fraction of sp³-hybridized carbons (Fsp3) is 0.615. The number of piperidine rings is 1. The summed E-state index contributed by atoms with van der Waals surface area (Å²) in [5.41, 5.74) is 0.976. The summed E-state index contributed by atoms with van der Waals surface area (Å²) in [5, 5.41) is 3.43. The Morgan fingerprint density at radius 1 is 1.30 bits per heavy atom. The number of nitrogens with zero attached hydrogens (tertiary/aromatic N) is 1. The Labute approximate surface area is 139 Å². The number of halogens is 3. The molecule has 0 bridgehead atoms. The Hall–Kier alpha value is -0.000000000000000104. The van der Waals surface area contributed by atoms with Crippen LogP contribution in [0.25, 0.3) is 0 Å². The molecule has 7 heteroatoms. The summed E-state index contributed by atoms with van der Waals surface area (Å²) >= 11 is 13.2. The van der Waals surface area contributed by atoms with Crippen LogP contribution in [0.3, 0.4) is 0 Å². The van der Waals surface area contributed by atoms with E-state index in [1.807, 2.05) is 4.90 Å². The second kappa shape index (κ2) is 6.41. The van der Waals surface area contributed by atoms with Crippen LogP contribution in [0.2, 0.25) is 8.67 Å². The van der Waals surface area contributed by atoms with Crippen molar-refractivity contribution in [2.75, 3.05) is 26.2 Å². The number of nitrogens with one attached hydrogen (secondary N) is 1. The monoisotopic (exact) mass is 354 g/mol. The number of hydrogen-bond donors (Lipinski definition) is 1. The first-order chi connectivity index (χ1) is 9.10. The number of hydrogen-bond acceptors (Lipinski definition) is 3. The Morgan fingerprint density at radius 2 is 2.00 bits per heavy atom. The number of carbonyl (C=O) groups excluding carboxylic acids is 1. The average Bonchev–Trinajstić information content (AvgIpc) is 2.97. The topological polar surface area (TPSA) is 32.3 Å². The Balaban J connectivity index is 0.00000147. The third-order valence-electron chi connectivity index (χ3n) is 4.33. The first kappa shape index (κ1) is 16.4. The SMILES string of the molecule is Cl.O=C(c1cc(Cl)sc1Cl)N1CCC2(CCNC2)CC1. The van der Waals surface area contributed by atoms with Gasteiger partial charge in [0.15, 0.2) is 0 Å². The highest BCUT2D eigenvalue weighted by Gasteiger charge is 2.38. The maximum atomic E-state index is 12.4. The van der Waals surface area contributed by atoms with Gasteiger partial charge in [0.1, 0.15) is 4.34 Å². The fourth-order valence-electron chi connectivity index (χ4n) is 3.06. The number of likely N-dealkylation sites (tertiary alicyclic amines) is 1. The van der Waals surface area contributed by atoms with Gasteiger partial charge in [-0.2, -0.15) is 0 Å². The van der Waals surface area contributed by atoms with Crippen LogP contribution < -0.4 is 5.32 Å². The van der Waals surface area contributed by atoms with Gasteiger partial charge in [0, 0.05) is 19.6 Å². The Kier molecular flexibility index (Phi) is 5.24. The van der Waals surface area contributed by atoms with Crippen molar-refractivity contribution in [2.24, 2.45) is 5.41 Å². The highest BCUT2D eigenvalue weighted by molar-refractivity contribution is 7.20. The fourth-order valence-corrected chi connectivity index (χ4v) is 4.51. The average molecular weight is 356 g/mol. The van der Waals surface area contributed by atoms with Crippen LogP contribution >= 0.6 is 46.9 Å². The first-order valence-electron chi connectivity index (χ1n) is 6.55. The van der Waals surface area contributed by atoms with E-state index in [4.69, 9.17) is 23.2 Å². The second-order valence-electron chi connectivity index (χ2n) is 5.46. The van der Waals surface area contributed by atoms with Crippen molar-refractivity contribution in [3.8, 4) is 0 Å². The summed E-state index contributed by atoms with van der Waals surface area (Å²) in [7, 11) is 0. The van der Waals surface area contributed by atoms with Crippen LogP contribution in [-0.4, -0.2) is 37.0 Å². The molecular weight excluding hydrogens is 339 g/mol. The van der Waals surface area contributed by atoms with E-state index in [0.29, 0.717) is 19.7 Å². The van der Waals surface area contributed by atoms with Crippen molar-refractivity contribution in [1.82, 2.24) is 10.2 Å². The molecule has 0 radical (unpaired) electrons. The first-order valence-corrected chi connectivity index (χ1v) is 8.12. The molecule has 1 spiro atoms. The van der Waals surface area contributed by atoms with Crippen LogP contribution in [0.15, 0.2) is 6.07 Å². The quantitative estimate of drug-likeness (QED) is 0.833. The van der Waals surface area contributed by atoms with Gasteiger partial charge in [0.05, 0.1) is 9.90 Å². The number of amides is 1. The largest absolute Gasteiger partial charge is 0.339 e. The van der Waals surface area contributed by atoms with Crippen LogP contribution in [0.1, 0.15) is 29.6 Å². The molecule has 0 atom stereocenters. The van der Waals surface area contributed by atoms with Crippen LogP contribution in [-0.2, 0) is 0 Å². The smallest absolute Gasteiger partial charge is 0.256 e. The molecule has 1 aromatic rings. The minimum absolute atomic E-state index is 0. The summed E-state index contributed by atoms with van der Waals surface area (Å²) in [6.45, 7) is 3.86. The van der Waals surface area contributed by atoms with Gasteiger partial charge in [-0.25, -0.2) is 0 Å². The van der Waals surface area contributed by atoms with Gasteiger partial charge in [0.25, 0.3) is 5.91 Å². The number of carbonyl (C=O) groups is 1. The summed E-state index contributed by atoms with van der Waals surface area (Å²) in [4.78, 5) is 14.3. The minimum atomic E-state index is 0. The summed E-state index contributed by atoms with van der Waals surface area (Å²) in [5.74, 6) is 0.0222. The predicted octanol–water partition coefficient (Wildman–Crippen LogP) is 3.69. The second-order valence-corrected chi connectivity index (χ2v) is 7.74. The summed E-state index contributed by atoms with van der Waals surface area (Å²) < 4.78 is 1.07. The molecule has 1 N–H and O–H groups in total. The zero-order valence-corrected chi connectivity index (χ0v) is 14.1. The van der Waals surface area contributed by atoms with Crippen molar-refractivity contribution in [1.29, 1.82) is 0 Å². The zero-order valence-electron chi connectivity index (χ0n) is 11.0. The lowest BCUT2D eigenvalue weighted by Gasteiger charge is -2.38. The van der Waals surface area contributed by atoms with Gasteiger partial charge in [-0.15, -0.1) is 23.7 Å². The van der Waals surface area contributed by atoms with Crippen LogP contribution in [0.5, 0.6) is 0 Å². The molecule has 3 rings (SSSR count). The van der Waals surface area contributed by atoms with Gasteiger partial charge in [-0.1, -0.05) is 23.2 Å². The molecule has 0 unspecified atom stereocenters. The van der Waals surface area contributed by atoms with Crippen molar-refractivity contribution in [3.05, 3.63) is 20.3 Å². The van der Waals surface area contributed by atoms with E-state index in [1.54, 1.807) is 6.07 Å². The molecule has 0 aliphatic carbocycles. The van der Waals surface area contributed by atoms with E-state index in [9.17, 15) is 4.79 Å². The molecule has 2 aliphatic rings. The van der Waals surface area contributed by atoms with E-state index in [2.05, 4.69) is 5.32 Å². The molecule has 1 amide bonds. The Bertz CT molecular complexity index is 490. The van der Waals surface area contributed by atoms with Crippen molar-refractivity contribution in [2.45, 2.75) is 19.3 Å². The summed E-state index contributed by atoms with van der Waals surface area (Å²) in [6.07, 6.45) is 3.41. The molecule has 20 heavy (non-hydrogen) atoms. The lowest BCUT2D eigenvalue weighted by Crippen LogP contribution is -2.44. The number of thiophene rings is 1. The van der Waals surface area contributed by atoms with E-state index in [-0.39, 0.29) is 18.3 Å². The molecule has 3 heterocycles. The molecule has 0 aromatic carbocycles. The Morgan fingerprint density at radius 3 is 2.50 bits per heavy atom. The van der Waals surface area contributed by atoms with Crippen molar-refractivity contribution < 1.29 is 4.79 Å². The van der Waals surface area contributed by atoms with Crippen molar-refractivity contribution in [3.63, 3.8) is 0 Å². The standard InChI is InChI=1S/C13H16Cl2N2OS.ClH/c14-10-7-9(11(15)19-10)12(18)17-5-2-13(3-6-17)1-4-16-8-13;/h7,16H,1-6,8H2;1H. The van der Waals surface area contributed by atoms with E-state index >= 15 is 0 Å². The van der Waals surface area contributed by atoms with Gasteiger partial charge < -0.3 is 10.2 Å². The van der Waals surface area contributed by atoms with Gasteiger partial charge in [-0.05, 0) is 37.3 Å². The van der Waals surface area contributed by atoms with E-state index < -0.39 is 0 Å². The molecular formula is C13H17Cl3N2OS. The van der Waals surface area contributed by atoms with Crippen molar-refractivity contribution >= 4 is 52.9 Å². The van der Waals surface area contributed by atoms with Gasteiger partial charge in [0.2, 0.25) is 0 Å². The van der Waals surface area contributed by atoms with Gasteiger partial charge >= 0.3 is 0 Å². The van der Waals surface area contributed by atoms with Crippen LogP contribution in [0.4, 0.5) is 0 Å². The molecule has 3 nitrogen and oxygen atoms in total. The molecule has 1 aromatic heterocycles. The lowest BCUT2D eigenvalue weighted by atomic mass is 9.78. The molecule has 2 saturated heterocycles. The number of rotatable bonds is 1. The molecule has 112 valence electrons. The predicted molar refractivity (Wildman–Crippen MR) is 86.6 cm³/mol. The lowest BCUT2D eigenvalue weighted by molar-refractivity contribution is 0.0608. The maximum absolute atomic E-state index is 12.4. The molecule has 0 saturated carbocycles. The zero-order chi connectivity index (χ0) is 13.5.